The zero-order valence-electron chi connectivity index (χ0n) is 13.2. The summed E-state index contributed by atoms with van der Waals surface area (Å²) >= 11 is 5.91. The number of rotatable bonds is 7. The SMILES string of the molecule is CC(C)(NCCOc1ccccc1C(=O)O)c1ccc(Cl)cc1. The second-order valence-corrected chi connectivity index (χ2v) is 6.14. The van der Waals surface area contributed by atoms with Crippen LogP contribution in [0.25, 0.3) is 0 Å². The summed E-state index contributed by atoms with van der Waals surface area (Å²) in [5, 5.41) is 13.2. The number of aromatic carboxylic acids is 1. The summed E-state index contributed by atoms with van der Waals surface area (Å²) < 4.78 is 5.58. The minimum atomic E-state index is -0.991. The molecule has 0 aromatic heterocycles. The Bertz CT molecular complexity index is 668. The molecular weight excluding hydrogens is 314 g/mol. The average molecular weight is 334 g/mol. The van der Waals surface area contributed by atoms with Crippen LogP contribution in [0.3, 0.4) is 0 Å². The number of ether oxygens (including phenoxy) is 1. The topological polar surface area (TPSA) is 58.6 Å². The van der Waals surface area contributed by atoms with Crippen molar-refractivity contribution in [2.24, 2.45) is 0 Å². The van der Waals surface area contributed by atoms with E-state index in [4.69, 9.17) is 21.4 Å². The maximum atomic E-state index is 11.1. The predicted molar refractivity (Wildman–Crippen MR) is 91.4 cm³/mol. The fraction of sp³-hybridized carbons (Fsp3) is 0.278. The molecule has 0 aliphatic heterocycles. The lowest BCUT2D eigenvalue weighted by Gasteiger charge is -2.27. The standard InChI is InChI=1S/C18H20ClNO3/c1-18(2,13-7-9-14(19)10-8-13)20-11-12-23-16-6-4-3-5-15(16)17(21)22/h3-10,20H,11-12H2,1-2H3,(H,21,22). The first kappa shape index (κ1) is 17.3. The molecule has 2 rings (SSSR count). The number of para-hydroxylation sites is 1. The van der Waals surface area contributed by atoms with Gasteiger partial charge in [-0.15, -0.1) is 0 Å². The van der Waals surface area contributed by atoms with Crippen LogP contribution in [-0.4, -0.2) is 24.2 Å². The highest BCUT2D eigenvalue weighted by atomic mass is 35.5. The number of hydrogen-bond acceptors (Lipinski definition) is 3. The molecule has 0 atom stereocenters. The van der Waals surface area contributed by atoms with E-state index in [1.807, 2.05) is 24.3 Å². The normalized spacial score (nSPS) is 11.3. The maximum absolute atomic E-state index is 11.1. The van der Waals surface area contributed by atoms with Crippen molar-refractivity contribution < 1.29 is 14.6 Å². The predicted octanol–water partition coefficient (Wildman–Crippen LogP) is 3.94. The van der Waals surface area contributed by atoms with Crippen molar-refractivity contribution in [3.63, 3.8) is 0 Å². The Morgan fingerprint density at radius 3 is 2.48 bits per heavy atom. The van der Waals surface area contributed by atoms with Crippen LogP contribution in [-0.2, 0) is 5.54 Å². The molecule has 23 heavy (non-hydrogen) atoms. The van der Waals surface area contributed by atoms with Gasteiger partial charge in [0.1, 0.15) is 17.9 Å². The van der Waals surface area contributed by atoms with Crippen molar-refractivity contribution >= 4 is 17.6 Å². The Morgan fingerprint density at radius 2 is 1.83 bits per heavy atom. The molecule has 2 N–H and O–H groups in total. The first-order chi connectivity index (χ1) is 10.9. The molecule has 2 aromatic rings. The number of carboxylic acids is 1. The van der Waals surface area contributed by atoms with Crippen LogP contribution in [0.2, 0.25) is 5.02 Å². The van der Waals surface area contributed by atoms with Crippen molar-refractivity contribution in [3.8, 4) is 5.75 Å². The largest absolute Gasteiger partial charge is 0.491 e. The Labute approximate surface area is 141 Å². The second-order valence-electron chi connectivity index (χ2n) is 5.71. The van der Waals surface area contributed by atoms with Gasteiger partial charge in [0.05, 0.1) is 0 Å². The van der Waals surface area contributed by atoms with Gasteiger partial charge >= 0.3 is 5.97 Å². The molecule has 0 fully saturated rings. The molecule has 0 radical (unpaired) electrons. The Morgan fingerprint density at radius 1 is 1.17 bits per heavy atom. The van der Waals surface area contributed by atoms with Crippen molar-refractivity contribution in [2.75, 3.05) is 13.2 Å². The van der Waals surface area contributed by atoms with Crippen LogP contribution in [0.5, 0.6) is 5.75 Å². The number of carbonyl (C=O) groups is 1. The molecule has 2 aromatic carbocycles. The monoisotopic (exact) mass is 333 g/mol. The van der Waals surface area contributed by atoms with E-state index in [1.54, 1.807) is 18.2 Å². The summed E-state index contributed by atoms with van der Waals surface area (Å²) in [4.78, 5) is 11.1. The minimum Gasteiger partial charge on any atom is -0.491 e. The molecule has 5 heteroatoms. The van der Waals surface area contributed by atoms with Crippen LogP contribution >= 0.6 is 11.6 Å². The summed E-state index contributed by atoms with van der Waals surface area (Å²) in [6.45, 7) is 5.10. The molecule has 0 saturated heterocycles. The third kappa shape index (κ3) is 4.71. The van der Waals surface area contributed by atoms with Gasteiger partial charge in [-0.25, -0.2) is 4.79 Å². The van der Waals surface area contributed by atoms with Crippen molar-refractivity contribution in [1.29, 1.82) is 0 Å². The van der Waals surface area contributed by atoms with Gasteiger partial charge in [-0.2, -0.15) is 0 Å². The van der Waals surface area contributed by atoms with E-state index in [-0.39, 0.29) is 11.1 Å². The highest BCUT2D eigenvalue weighted by Crippen LogP contribution is 2.22. The van der Waals surface area contributed by atoms with Crippen LogP contribution in [0.1, 0.15) is 29.8 Å². The molecule has 0 unspecified atom stereocenters. The zero-order valence-corrected chi connectivity index (χ0v) is 13.9. The van der Waals surface area contributed by atoms with Gasteiger partial charge in [0.25, 0.3) is 0 Å². The molecule has 0 spiro atoms. The second kappa shape index (κ2) is 7.49. The van der Waals surface area contributed by atoms with E-state index in [0.29, 0.717) is 23.9 Å². The summed E-state index contributed by atoms with van der Waals surface area (Å²) in [6, 6.07) is 14.3. The van der Waals surface area contributed by atoms with Crippen LogP contribution in [0.15, 0.2) is 48.5 Å². The maximum Gasteiger partial charge on any atom is 0.339 e. The number of halogens is 1. The van der Waals surface area contributed by atoms with Gasteiger partial charge in [-0.05, 0) is 43.7 Å². The van der Waals surface area contributed by atoms with Crippen molar-refractivity contribution in [2.45, 2.75) is 19.4 Å². The third-order valence-corrected chi connectivity index (χ3v) is 3.86. The van der Waals surface area contributed by atoms with Gasteiger partial charge in [-0.1, -0.05) is 35.9 Å². The molecule has 122 valence electrons. The molecule has 4 nitrogen and oxygen atoms in total. The van der Waals surface area contributed by atoms with Crippen molar-refractivity contribution in [1.82, 2.24) is 5.32 Å². The summed E-state index contributed by atoms with van der Waals surface area (Å²) in [7, 11) is 0. The number of carboxylic acid groups (broad SMARTS) is 1. The van der Waals surface area contributed by atoms with Gasteiger partial charge in [0, 0.05) is 17.1 Å². The molecule has 0 heterocycles. The molecule has 0 saturated carbocycles. The first-order valence-electron chi connectivity index (χ1n) is 7.36. The lowest BCUT2D eigenvalue weighted by Crippen LogP contribution is -2.39. The Kier molecular flexibility index (Phi) is 5.64. The van der Waals surface area contributed by atoms with Gasteiger partial charge in [0.15, 0.2) is 0 Å². The average Bonchev–Trinajstić information content (AvgIpc) is 2.52. The highest BCUT2D eigenvalue weighted by Gasteiger charge is 2.19. The summed E-state index contributed by atoms with van der Waals surface area (Å²) in [6.07, 6.45) is 0. The lowest BCUT2D eigenvalue weighted by molar-refractivity contribution is 0.0692. The van der Waals surface area contributed by atoms with Gasteiger partial charge in [0.2, 0.25) is 0 Å². The van der Waals surface area contributed by atoms with Gasteiger partial charge < -0.3 is 15.2 Å². The van der Waals surface area contributed by atoms with Crippen LogP contribution in [0.4, 0.5) is 0 Å². The molecule has 0 aliphatic carbocycles. The van der Waals surface area contributed by atoms with E-state index in [0.717, 1.165) is 5.56 Å². The molecular formula is C18H20ClNO3. The molecule has 0 bridgehead atoms. The zero-order chi connectivity index (χ0) is 16.9. The number of benzene rings is 2. The van der Waals surface area contributed by atoms with Crippen LogP contribution in [0, 0.1) is 0 Å². The summed E-state index contributed by atoms with van der Waals surface area (Å²) in [5.74, 6) is -0.610. The minimum absolute atomic E-state index is 0.171. The first-order valence-corrected chi connectivity index (χ1v) is 7.74. The van der Waals surface area contributed by atoms with E-state index < -0.39 is 5.97 Å². The smallest absolute Gasteiger partial charge is 0.339 e. The van der Waals surface area contributed by atoms with Crippen molar-refractivity contribution in [3.05, 3.63) is 64.7 Å². The number of nitrogens with one attached hydrogen (secondary N) is 1. The quantitative estimate of drug-likeness (QED) is 0.753. The van der Waals surface area contributed by atoms with E-state index >= 15 is 0 Å². The fourth-order valence-corrected chi connectivity index (χ4v) is 2.39. The fourth-order valence-electron chi connectivity index (χ4n) is 2.26. The van der Waals surface area contributed by atoms with Crippen LogP contribution < -0.4 is 10.1 Å². The van der Waals surface area contributed by atoms with E-state index in [9.17, 15) is 4.79 Å². The summed E-state index contributed by atoms with van der Waals surface area (Å²) in [5.41, 5.74) is 1.05. The Balaban J connectivity index is 1.90. The third-order valence-electron chi connectivity index (χ3n) is 3.61. The van der Waals surface area contributed by atoms with E-state index in [1.165, 1.54) is 6.07 Å². The Hall–Kier alpha value is -2.04. The number of hydrogen-bond donors (Lipinski definition) is 2. The highest BCUT2D eigenvalue weighted by molar-refractivity contribution is 6.30. The van der Waals surface area contributed by atoms with Gasteiger partial charge in [-0.3, -0.25) is 0 Å². The molecule has 0 aliphatic rings. The lowest BCUT2D eigenvalue weighted by atomic mass is 9.94. The van der Waals surface area contributed by atoms with E-state index in [2.05, 4.69) is 19.2 Å². The molecule has 0 amide bonds.